The fraction of sp³-hybridized carbons (Fsp3) is 0.357. The van der Waals surface area contributed by atoms with Crippen molar-refractivity contribution in [3.8, 4) is 6.07 Å². The van der Waals surface area contributed by atoms with Gasteiger partial charge in [0.15, 0.2) is 0 Å². The zero-order valence-electron chi connectivity index (χ0n) is 10.4. The van der Waals surface area contributed by atoms with Crippen molar-refractivity contribution in [1.82, 2.24) is 10.6 Å². The van der Waals surface area contributed by atoms with Crippen LogP contribution in [0.2, 0.25) is 0 Å². The number of carbonyl (C=O) groups excluding carboxylic acids is 2. The second-order valence-corrected chi connectivity index (χ2v) is 4.52. The van der Waals surface area contributed by atoms with E-state index in [1.54, 1.807) is 24.3 Å². The van der Waals surface area contributed by atoms with Gasteiger partial charge in [0.1, 0.15) is 5.92 Å². The normalized spacial score (nSPS) is 19.3. The Labute approximate surface area is 111 Å². The van der Waals surface area contributed by atoms with Crippen LogP contribution in [0.5, 0.6) is 0 Å². The van der Waals surface area contributed by atoms with Gasteiger partial charge in [-0.05, 0) is 12.0 Å². The summed E-state index contributed by atoms with van der Waals surface area (Å²) in [4.78, 5) is 23.0. The summed E-state index contributed by atoms with van der Waals surface area (Å²) >= 11 is 0. The first-order valence-electron chi connectivity index (χ1n) is 6.22. The van der Waals surface area contributed by atoms with Crippen LogP contribution in [0.25, 0.3) is 0 Å². The van der Waals surface area contributed by atoms with E-state index in [1.807, 2.05) is 12.1 Å². The zero-order chi connectivity index (χ0) is 13.7. The molecule has 1 aliphatic rings. The number of rotatable bonds is 4. The number of hydrogen-bond acceptors (Lipinski definition) is 3. The largest absolute Gasteiger partial charge is 0.353 e. The van der Waals surface area contributed by atoms with Crippen molar-refractivity contribution in [3.63, 3.8) is 0 Å². The molecule has 0 saturated carbocycles. The fourth-order valence-electron chi connectivity index (χ4n) is 2.09. The Morgan fingerprint density at radius 2 is 2.21 bits per heavy atom. The molecule has 0 radical (unpaired) electrons. The average molecular weight is 257 g/mol. The van der Waals surface area contributed by atoms with Crippen molar-refractivity contribution in [1.29, 1.82) is 5.26 Å². The zero-order valence-corrected chi connectivity index (χ0v) is 10.4. The molecule has 19 heavy (non-hydrogen) atoms. The Balaban J connectivity index is 1.91. The van der Waals surface area contributed by atoms with Gasteiger partial charge in [0, 0.05) is 19.0 Å². The molecule has 2 rings (SSSR count). The molecule has 1 saturated heterocycles. The second kappa shape index (κ2) is 6.01. The van der Waals surface area contributed by atoms with Crippen LogP contribution < -0.4 is 10.6 Å². The monoisotopic (exact) mass is 257 g/mol. The molecule has 2 N–H and O–H groups in total. The fourth-order valence-corrected chi connectivity index (χ4v) is 2.09. The lowest BCUT2D eigenvalue weighted by atomic mass is 10.00. The Morgan fingerprint density at radius 1 is 1.47 bits per heavy atom. The first-order chi connectivity index (χ1) is 9.20. The lowest BCUT2D eigenvalue weighted by Crippen LogP contribution is -2.40. The smallest absolute Gasteiger partial charge is 0.241 e. The van der Waals surface area contributed by atoms with E-state index in [-0.39, 0.29) is 17.9 Å². The van der Waals surface area contributed by atoms with E-state index in [9.17, 15) is 9.59 Å². The molecule has 5 heteroatoms. The van der Waals surface area contributed by atoms with Crippen molar-refractivity contribution < 1.29 is 9.59 Å². The lowest BCUT2D eigenvalue weighted by molar-refractivity contribution is -0.122. The highest BCUT2D eigenvalue weighted by Crippen LogP contribution is 2.14. The molecule has 0 aliphatic carbocycles. The van der Waals surface area contributed by atoms with Crippen LogP contribution in [0.4, 0.5) is 0 Å². The van der Waals surface area contributed by atoms with Gasteiger partial charge in [0.05, 0.1) is 6.07 Å². The van der Waals surface area contributed by atoms with Crippen molar-refractivity contribution >= 4 is 11.8 Å². The van der Waals surface area contributed by atoms with Gasteiger partial charge in [-0.15, -0.1) is 0 Å². The number of amides is 2. The lowest BCUT2D eigenvalue weighted by Gasteiger charge is -2.14. The standard InChI is InChI=1S/C14H15N3O2/c15-8-12(10-4-2-1-3-5-10)14(19)16-9-11-6-7-13(18)17-11/h1-5,11-12H,6-7,9H2,(H,16,19)(H,17,18). The van der Waals surface area contributed by atoms with Crippen LogP contribution in [-0.2, 0) is 9.59 Å². The maximum Gasteiger partial charge on any atom is 0.241 e. The molecule has 2 atom stereocenters. The van der Waals surface area contributed by atoms with E-state index < -0.39 is 5.92 Å². The van der Waals surface area contributed by atoms with Gasteiger partial charge in [-0.3, -0.25) is 9.59 Å². The van der Waals surface area contributed by atoms with E-state index >= 15 is 0 Å². The topological polar surface area (TPSA) is 82.0 Å². The van der Waals surface area contributed by atoms with Crippen LogP contribution >= 0.6 is 0 Å². The third-order valence-electron chi connectivity index (χ3n) is 3.13. The molecule has 0 spiro atoms. The van der Waals surface area contributed by atoms with Gasteiger partial charge in [-0.1, -0.05) is 30.3 Å². The molecule has 1 aliphatic heterocycles. The van der Waals surface area contributed by atoms with Crippen molar-refractivity contribution in [3.05, 3.63) is 35.9 Å². The molecule has 0 bridgehead atoms. The summed E-state index contributed by atoms with van der Waals surface area (Å²) in [7, 11) is 0. The minimum Gasteiger partial charge on any atom is -0.353 e. The quantitative estimate of drug-likeness (QED) is 0.832. The highest BCUT2D eigenvalue weighted by Gasteiger charge is 2.24. The molecule has 1 heterocycles. The van der Waals surface area contributed by atoms with E-state index in [4.69, 9.17) is 5.26 Å². The molecule has 1 fully saturated rings. The summed E-state index contributed by atoms with van der Waals surface area (Å²) in [6, 6.07) is 10.9. The summed E-state index contributed by atoms with van der Waals surface area (Å²) < 4.78 is 0. The van der Waals surface area contributed by atoms with Crippen LogP contribution in [0.3, 0.4) is 0 Å². The first-order valence-corrected chi connectivity index (χ1v) is 6.22. The number of benzene rings is 1. The summed E-state index contributed by atoms with van der Waals surface area (Å²) in [5, 5.41) is 14.6. The number of carbonyl (C=O) groups is 2. The summed E-state index contributed by atoms with van der Waals surface area (Å²) in [6.07, 6.45) is 1.22. The Bertz CT molecular complexity index is 507. The van der Waals surface area contributed by atoms with Gasteiger partial charge in [0.25, 0.3) is 0 Å². The average Bonchev–Trinajstić information content (AvgIpc) is 2.84. The van der Waals surface area contributed by atoms with Crippen molar-refractivity contribution in [2.45, 2.75) is 24.8 Å². The van der Waals surface area contributed by atoms with E-state index in [0.29, 0.717) is 18.5 Å². The minimum atomic E-state index is -0.807. The molecular weight excluding hydrogens is 242 g/mol. The Kier molecular flexibility index (Phi) is 4.14. The molecule has 98 valence electrons. The Morgan fingerprint density at radius 3 is 2.79 bits per heavy atom. The summed E-state index contributed by atoms with van der Waals surface area (Å²) in [5.74, 6) is -1.12. The SMILES string of the molecule is N#CC(C(=O)NCC1CCC(=O)N1)c1ccccc1. The third-order valence-corrected chi connectivity index (χ3v) is 3.13. The van der Waals surface area contributed by atoms with Crippen LogP contribution in [0, 0.1) is 11.3 Å². The Hall–Kier alpha value is -2.35. The predicted octanol–water partition coefficient (Wildman–Crippen LogP) is 0.689. The maximum absolute atomic E-state index is 12.0. The highest BCUT2D eigenvalue weighted by atomic mass is 16.2. The van der Waals surface area contributed by atoms with Gasteiger partial charge in [0.2, 0.25) is 11.8 Å². The molecule has 2 amide bonds. The summed E-state index contributed by atoms with van der Waals surface area (Å²) in [6.45, 7) is 0.371. The van der Waals surface area contributed by atoms with Crippen molar-refractivity contribution in [2.24, 2.45) is 0 Å². The number of hydrogen-bond donors (Lipinski definition) is 2. The highest BCUT2D eigenvalue weighted by molar-refractivity contribution is 5.86. The van der Waals surface area contributed by atoms with Crippen LogP contribution in [-0.4, -0.2) is 24.4 Å². The number of nitrogens with zero attached hydrogens (tertiary/aromatic N) is 1. The van der Waals surface area contributed by atoms with E-state index in [0.717, 1.165) is 6.42 Å². The molecule has 1 aromatic carbocycles. The number of nitriles is 1. The van der Waals surface area contributed by atoms with E-state index in [2.05, 4.69) is 10.6 Å². The van der Waals surface area contributed by atoms with Crippen LogP contribution in [0.1, 0.15) is 24.3 Å². The molecule has 1 aromatic rings. The van der Waals surface area contributed by atoms with Gasteiger partial charge in [-0.25, -0.2) is 0 Å². The van der Waals surface area contributed by atoms with Crippen LogP contribution in [0.15, 0.2) is 30.3 Å². The molecular formula is C14H15N3O2. The maximum atomic E-state index is 12.0. The number of nitrogens with one attached hydrogen (secondary N) is 2. The molecule has 0 aromatic heterocycles. The first kappa shape index (κ1) is 13.1. The summed E-state index contributed by atoms with van der Waals surface area (Å²) in [5.41, 5.74) is 0.679. The van der Waals surface area contributed by atoms with Gasteiger partial charge < -0.3 is 10.6 Å². The van der Waals surface area contributed by atoms with Gasteiger partial charge >= 0.3 is 0 Å². The molecule has 2 unspecified atom stereocenters. The van der Waals surface area contributed by atoms with E-state index in [1.165, 1.54) is 0 Å². The third kappa shape index (κ3) is 3.32. The minimum absolute atomic E-state index is 0.0131. The predicted molar refractivity (Wildman–Crippen MR) is 69.0 cm³/mol. The molecule has 5 nitrogen and oxygen atoms in total. The van der Waals surface area contributed by atoms with Gasteiger partial charge in [-0.2, -0.15) is 5.26 Å². The second-order valence-electron chi connectivity index (χ2n) is 4.52. The van der Waals surface area contributed by atoms with Crippen molar-refractivity contribution in [2.75, 3.05) is 6.54 Å².